The number of anilines is 3. The highest BCUT2D eigenvalue weighted by atomic mass is 32.1. The van der Waals surface area contributed by atoms with Gasteiger partial charge in [-0.1, -0.05) is 23.5 Å². The van der Waals surface area contributed by atoms with Crippen molar-refractivity contribution in [3.63, 3.8) is 0 Å². The van der Waals surface area contributed by atoms with Gasteiger partial charge in [0.25, 0.3) is 0 Å². The van der Waals surface area contributed by atoms with Crippen LogP contribution in [0.5, 0.6) is 5.75 Å². The number of nitrogens with one attached hydrogen (secondary N) is 3. The van der Waals surface area contributed by atoms with Gasteiger partial charge >= 0.3 is 6.03 Å². The van der Waals surface area contributed by atoms with Crippen molar-refractivity contribution in [1.82, 2.24) is 4.98 Å². The fourth-order valence-corrected chi connectivity index (χ4v) is 3.19. The first-order valence-corrected chi connectivity index (χ1v) is 8.26. The van der Waals surface area contributed by atoms with Gasteiger partial charge in [0, 0.05) is 12.6 Å². The standard InChI is InChI=1S/C17H16N4O3S/c1-10(22)18-17-21-13-8-7-11(9-15(13)25-17)19-16(23)20-12-5-3-4-6-14(12)24-2/h3-9H,1-2H3,(H,18,21,22)(H2,19,20,23). The lowest BCUT2D eigenvalue weighted by Crippen LogP contribution is -2.19. The van der Waals surface area contributed by atoms with E-state index in [-0.39, 0.29) is 11.9 Å². The monoisotopic (exact) mass is 356 g/mol. The molecule has 0 aliphatic heterocycles. The van der Waals surface area contributed by atoms with E-state index in [2.05, 4.69) is 20.9 Å². The second-order valence-electron chi connectivity index (χ2n) is 5.16. The van der Waals surface area contributed by atoms with E-state index in [1.807, 2.05) is 12.1 Å². The van der Waals surface area contributed by atoms with Crippen molar-refractivity contribution >= 4 is 50.0 Å². The van der Waals surface area contributed by atoms with E-state index in [0.717, 1.165) is 10.2 Å². The van der Waals surface area contributed by atoms with Gasteiger partial charge in [0.15, 0.2) is 5.13 Å². The predicted octanol–water partition coefficient (Wildman–Crippen LogP) is 3.91. The largest absolute Gasteiger partial charge is 0.495 e. The van der Waals surface area contributed by atoms with Gasteiger partial charge in [0.05, 0.1) is 23.0 Å². The van der Waals surface area contributed by atoms with Crippen LogP contribution in [0, 0.1) is 0 Å². The molecule has 0 spiro atoms. The second kappa shape index (κ2) is 7.18. The molecule has 0 fully saturated rings. The zero-order valence-electron chi connectivity index (χ0n) is 13.6. The average molecular weight is 356 g/mol. The molecule has 0 atom stereocenters. The Kier molecular flexibility index (Phi) is 4.80. The lowest BCUT2D eigenvalue weighted by molar-refractivity contribution is -0.114. The Morgan fingerprint density at radius 1 is 1.08 bits per heavy atom. The Bertz CT molecular complexity index is 939. The fourth-order valence-electron chi connectivity index (χ4n) is 2.24. The molecule has 25 heavy (non-hydrogen) atoms. The van der Waals surface area contributed by atoms with Crippen LogP contribution >= 0.6 is 11.3 Å². The predicted molar refractivity (Wildman–Crippen MR) is 99.6 cm³/mol. The molecule has 8 heteroatoms. The van der Waals surface area contributed by atoms with Crippen molar-refractivity contribution < 1.29 is 14.3 Å². The van der Waals surface area contributed by atoms with Crippen LogP contribution in [-0.4, -0.2) is 24.0 Å². The van der Waals surface area contributed by atoms with Crippen LogP contribution < -0.4 is 20.7 Å². The Balaban J connectivity index is 1.73. The number of benzene rings is 2. The van der Waals surface area contributed by atoms with Gasteiger partial charge in [-0.2, -0.15) is 0 Å². The molecule has 0 bridgehead atoms. The van der Waals surface area contributed by atoms with E-state index < -0.39 is 0 Å². The number of fused-ring (bicyclic) bond motifs is 1. The summed E-state index contributed by atoms with van der Waals surface area (Å²) in [7, 11) is 1.54. The summed E-state index contributed by atoms with van der Waals surface area (Å²) in [6.45, 7) is 1.43. The van der Waals surface area contributed by atoms with E-state index in [4.69, 9.17) is 4.74 Å². The third kappa shape index (κ3) is 4.04. The van der Waals surface area contributed by atoms with Crippen molar-refractivity contribution in [2.75, 3.05) is 23.1 Å². The summed E-state index contributed by atoms with van der Waals surface area (Å²) >= 11 is 1.34. The van der Waals surface area contributed by atoms with Gasteiger partial charge in [-0.05, 0) is 30.3 Å². The Hall–Kier alpha value is -3.13. The number of rotatable bonds is 4. The number of methoxy groups -OCH3 is 1. The minimum atomic E-state index is -0.379. The van der Waals surface area contributed by atoms with Crippen LogP contribution in [0.4, 0.5) is 21.3 Å². The third-order valence-corrected chi connectivity index (χ3v) is 4.22. The van der Waals surface area contributed by atoms with E-state index in [1.165, 1.54) is 18.3 Å². The molecule has 1 aromatic heterocycles. The number of nitrogens with zero attached hydrogens (tertiary/aromatic N) is 1. The van der Waals surface area contributed by atoms with E-state index in [9.17, 15) is 9.59 Å². The number of carbonyl (C=O) groups excluding carboxylic acids is 2. The third-order valence-electron chi connectivity index (χ3n) is 3.28. The molecule has 2 aromatic carbocycles. The Morgan fingerprint density at radius 3 is 2.64 bits per heavy atom. The molecule has 0 radical (unpaired) electrons. The van der Waals surface area contributed by atoms with E-state index >= 15 is 0 Å². The highest BCUT2D eigenvalue weighted by Crippen LogP contribution is 2.29. The number of aromatic nitrogens is 1. The first-order chi connectivity index (χ1) is 12.0. The highest BCUT2D eigenvalue weighted by Gasteiger charge is 2.09. The quantitative estimate of drug-likeness (QED) is 0.661. The van der Waals surface area contributed by atoms with Gasteiger partial charge in [-0.3, -0.25) is 4.79 Å². The first-order valence-electron chi connectivity index (χ1n) is 7.44. The van der Waals surface area contributed by atoms with Crippen LogP contribution in [0.25, 0.3) is 10.2 Å². The second-order valence-corrected chi connectivity index (χ2v) is 6.19. The van der Waals surface area contributed by atoms with Crippen molar-refractivity contribution in [1.29, 1.82) is 0 Å². The van der Waals surface area contributed by atoms with Crippen LogP contribution in [0.1, 0.15) is 6.92 Å². The molecule has 0 aliphatic rings. The highest BCUT2D eigenvalue weighted by molar-refractivity contribution is 7.22. The molecule has 0 unspecified atom stereocenters. The normalized spacial score (nSPS) is 10.3. The van der Waals surface area contributed by atoms with E-state index in [1.54, 1.807) is 37.4 Å². The van der Waals surface area contributed by atoms with Gasteiger partial charge in [0.2, 0.25) is 5.91 Å². The molecule has 3 amide bonds. The van der Waals surface area contributed by atoms with Crippen molar-refractivity contribution in [2.24, 2.45) is 0 Å². The maximum absolute atomic E-state index is 12.2. The summed E-state index contributed by atoms with van der Waals surface area (Å²) in [5.41, 5.74) is 1.96. The molecule has 7 nitrogen and oxygen atoms in total. The fraction of sp³-hybridized carbons (Fsp3) is 0.118. The summed E-state index contributed by atoms with van der Waals surface area (Å²) in [4.78, 5) is 27.6. The molecule has 3 N–H and O–H groups in total. The van der Waals surface area contributed by atoms with Crippen LogP contribution in [0.2, 0.25) is 0 Å². The molecule has 0 saturated carbocycles. The van der Waals surface area contributed by atoms with Crippen LogP contribution in [0.15, 0.2) is 42.5 Å². The maximum Gasteiger partial charge on any atom is 0.323 e. The maximum atomic E-state index is 12.2. The molecule has 3 aromatic rings. The molecule has 3 rings (SSSR count). The minimum Gasteiger partial charge on any atom is -0.495 e. The van der Waals surface area contributed by atoms with Crippen LogP contribution in [0.3, 0.4) is 0 Å². The van der Waals surface area contributed by atoms with Crippen molar-refractivity contribution in [3.05, 3.63) is 42.5 Å². The van der Waals surface area contributed by atoms with Crippen molar-refractivity contribution in [3.8, 4) is 5.75 Å². The lowest BCUT2D eigenvalue weighted by atomic mass is 10.3. The molecule has 128 valence electrons. The number of para-hydroxylation sites is 2. The average Bonchev–Trinajstić information content (AvgIpc) is 2.95. The molecule has 1 heterocycles. The molecule has 0 aliphatic carbocycles. The summed E-state index contributed by atoms with van der Waals surface area (Å²) in [5, 5.41) is 8.70. The Labute approximate surface area is 148 Å². The lowest BCUT2D eigenvalue weighted by Gasteiger charge is -2.10. The first kappa shape index (κ1) is 16.7. The number of ether oxygens (including phenoxy) is 1. The molecule has 0 saturated heterocycles. The zero-order valence-corrected chi connectivity index (χ0v) is 14.4. The Morgan fingerprint density at radius 2 is 1.88 bits per heavy atom. The number of thiazole rings is 1. The van der Waals surface area contributed by atoms with E-state index in [0.29, 0.717) is 22.3 Å². The molecular formula is C17H16N4O3S. The van der Waals surface area contributed by atoms with Gasteiger partial charge in [-0.15, -0.1) is 0 Å². The van der Waals surface area contributed by atoms with Crippen LogP contribution in [-0.2, 0) is 4.79 Å². The van der Waals surface area contributed by atoms with Gasteiger partial charge < -0.3 is 20.7 Å². The number of carbonyl (C=O) groups is 2. The topological polar surface area (TPSA) is 92.3 Å². The summed E-state index contributed by atoms with van der Waals surface area (Å²) in [6, 6.07) is 12.1. The number of hydrogen-bond acceptors (Lipinski definition) is 5. The minimum absolute atomic E-state index is 0.173. The zero-order chi connectivity index (χ0) is 17.8. The summed E-state index contributed by atoms with van der Waals surface area (Å²) in [6.07, 6.45) is 0. The number of hydrogen-bond donors (Lipinski definition) is 3. The number of urea groups is 1. The summed E-state index contributed by atoms with van der Waals surface area (Å²) < 4.78 is 6.06. The van der Waals surface area contributed by atoms with Gasteiger partial charge in [0.1, 0.15) is 5.75 Å². The number of amides is 3. The SMILES string of the molecule is COc1ccccc1NC(=O)Nc1ccc2nc(NC(C)=O)sc2c1. The smallest absolute Gasteiger partial charge is 0.323 e. The summed E-state index contributed by atoms with van der Waals surface area (Å²) in [5.74, 6) is 0.407. The molecular weight excluding hydrogens is 340 g/mol. The van der Waals surface area contributed by atoms with Gasteiger partial charge in [-0.25, -0.2) is 9.78 Å². The van der Waals surface area contributed by atoms with Crippen molar-refractivity contribution in [2.45, 2.75) is 6.92 Å².